The Morgan fingerprint density at radius 1 is 1.24 bits per heavy atom. The van der Waals surface area contributed by atoms with Gasteiger partial charge in [0.2, 0.25) is 0 Å². The van der Waals surface area contributed by atoms with Gasteiger partial charge < -0.3 is 9.36 Å². The molecule has 17 heavy (non-hydrogen) atoms. The molecule has 0 atom stereocenters. The van der Waals surface area contributed by atoms with Crippen LogP contribution < -0.4 is 0 Å². The van der Waals surface area contributed by atoms with Gasteiger partial charge in [0.1, 0.15) is 6.29 Å². The summed E-state index contributed by atoms with van der Waals surface area (Å²) in [6.45, 7) is 4.44. The van der Waals surface area contributed by atoms with Gasteiger partial charge in [-0.2, -0.15) is 0 Å². The number of hydrogen-bond donors (Lipinski definition) is 0. The van der Waals surface area contributed by atoms with Crippen molar-refractivity contribution >= 4 is 17.2 Å². The highest BCUT2D eigenvalue weighted by molar-refractivity contribution is 5.81. The molecule has 0 saturated carbocycles. The van der Waals surface area contributed by atoms with Gasteiger partial charge in [-0.3, -0.25) is 0 Å². The number of hydrogen-bond acceptors (Lipinski definition) is 1. The molecule has 0 aliphatic heterocycles. The third-order valence-corrected chi connectivity index (χ3v) is 3.44. The van der Waals surface area contributed by atoms with Crippen LogP contribution in [0.3, 0.4) is 0 Å². The quantitative estimate of drug-likeness (QED) is 0.716. The molecule has 0 radical (unpaired) electrons. The molecule has 0 amide bonds. The largest absolute Gasteiger partial charge is 0.344 e. The molecule has 0 unspecified atom stereocenters. The smallest absolute Gasteiger partial charge is 0.124 e. The van der Waals surface area contributed by atoms with E-state index in [0.717, 1.165) is 24.7 Å². The molecule has 0 spiro atoms. The van der Waals surface area contributed by atoms with Crippen LogP contribution in [-0.4, -0.2) is 10.9 Å². The highest BCUT2D eigenvalue weighted by atomic mass is 16.1. The zero-order chi connectivity index (χ0) is 12.3. The standard InChI is InChI=1S/C15H19NO/c1-3-14(4-2)16-9-7-13-6-5-12(8-10-17)11-15(13)16/h5-7,9-11,14H,3-4,8H2,1-2H3. The maximum Gasteiger partial charge on any atom is 0.124 e. The first-order chi connectivity index (χ1) is 8.30. The summed E-state index contributed by atoms with van der Waals surface area (Å²) in [6.07, 6.45) is 5.90. The Morgan fingerprint density at radius 2 is 2.00 bits per heavy atom. The molecule has 1 aromatic carbocycles. The molecule has 0 fully saturated rings. The van der Waals surface area contributed by atoms with Gasteiger partial charge in [-0.1, -0.05) is 26.0 Å². The lowest BCUT2D eigenvalue weighted by molar-refractivity contribution is -0.107. The third kappa shape index (κ3) is 2.26. The topological polar surface area (TPSA) is 22.0 Å². The Balaban J connectivity index is 2.49. The Hall–Kier alpha value is -1.57. The van der Waals surface area contributed by atoms with Crippen molar-refractivity contribution in [3.8, 4) is 0 Å². The van der Waals surface area contributed by atoms with Crippen molar-refractivity contribution in [3.05, 3.63) is 36.0 Å². The van der Waals surface area contributed by atoms with E-state index in [1.165, 1.54) is 10.9 Å². The fourth-order valence-electron chi connectivity index (χ4n) is 2.42. The van der Waals surface area contributed by atoms with E-state index >= 15 is 0 Å². The highest BCUT2D eigenvalue weighted by Gasteiger charge is 2.09. The van der Waals surface area contributed by atoms with Gasteiger partial charge in [-0.05, 0) is 35.9 Å². The SMILES string of the molecule is CCC(CC)n1ccc2ccc(CC=O)cc21. The summed E-state index contributed by atoms with van der Waals surface area (Å²) >= 11 is 0. The van der Waals surface area contributed by atoms with Crippen molar-refractivity contribution in [2.45, 2.75) is 39.2 Å². The molecule has 2 heteroatoms. The lowest BCUT2D eigenvalue weighted by atomic mass is 10.1. The average molecular weight is 229 g/mol. The van der Waals surface area contributed by atoms with Gasteiger partial charge >= 0.3 is 0 Å². The van der Waals surface area contributed by atoms with Crippen LogP contribution >= 0.6 is 0 Å². The van der Waals surface area contributed by atoms with E-state index in [0.29, 0.717) is 12.5 Å². The minimum absolute atomic E-state index is 0.504. The summed E-state index contributed by atoms with van der Waals surface area (Å²) in [5, 5.41) is 1.26. The molecule has 0 N–H and O–H groups in total. The maximum atomic E-state index is 10.6. The summed E-state index contributed by atoms with van der Waals surface area (Å²) in [6, 6.07) is 8.99. The van der Waals surface area contributed by atoms with Crippen molar-refractivity contribution in [2.24, 2.45) is 0 Å². The number of aldehydes is 1. The minimum atomic E-state index is 0.504. The first kappa shape index (κ1) is 11.9. The van der Waals surface area contributed by atoms with Crippen LogP contribution in [-0.2, 0) is 11.2 Å². The number of benzene rings is 1. The summed E-state index contributed by atoms with van der Waals surface area (Å²) in [5.41, 5.74) is 2.34. The van der Waals surface area contributed by atoms with Crippen LogP contribution in [0.1, 0.15) is 38.3 Å². The highest BCUT2D eigenvalue weighted by Crippen LogP contribution is 2.25. The van der Waals surface area contributed by atoms with Crippen LogP contribution in [0.5, 0.6) is 0 Å². The fourth-order valence-corrected chi connectivity index (χ4v) is 2.42. The van der Waals surface area contributed by atoms with Gasteiger partial charge in [-0.15, -0.1) is 0 Å². The van der Waals surface area contributed by atoms with E-state index in [9.17, 15) is 4.79 Å². The van der Waals surface area contributed by atoms with E-state index in [1.54, 1.807) is 0 Å². The molecule has 0 bridgehead atoms. The van der Waals surface area contributed by atoms with Crippen molar-refractivity contribution in [1.29, 1.82) is 0 Å². The molecule has 0 aliphatic carbocycles. The lowest BCUT2D eigenvalue weighted by Gasteiger charge is -2.16. The monoisotopic (exact) mass is 229 g/mol. The first-order valence-corrected chi connectivity index (χ1v) is 6.33. The Bertz CT molecular complexity index is 509. The van der Waals surface area contributed by atoms with Crippen LogP contribution in [0, 0.1) is 0 Å². The Labute approximate surface area is 102 Å². The summed E-state index contributed by atoms with van der Waals surface area (Å²) < 4.78 is 2.34. The second-order valence-electron chi connectivity index (χ2n) is 4.46. The van der Waals surface area contributed by atoms with Crippen molar-refractivity contribution in [1.82, 2.24) is 4.57 Å². The molecule has 90 valence electrons. The molecule has 0 aliphatic rings. The van der Waals surface area contributed by atoms with E-state index in [4.69, 9.17) is 0 Å². The van der Waals surface area contributed by atoms with Crippen LogP contribution in [0.4, 0.5) is 0 Å². The summed E-state index contributed by atoms with van der Waals surface area (Å²) in [7, 11) is 0. The van der Waals surface area contributed by atoms with Gasteiger partial charge in [-0.25, -0.2) is 0 Å². The molecule has 2 rings (SSSR count). The van der Waals surface area contributed by atoms with Gasteiger partial charge in [0.05, 0.1) is 0 Å². The lowest BCUT2D eigenvalue weighted by Crippen LogP contribution is -2.05. The minimum Gasteiger partial charge on any atom is -0.344 e. The predicted octanol–water partition coefficient (Wildman–Crippen LogP) is 3.74. The summed E-state index contributed by atoms with van der Waals surface area (Å²) in [4.78, 5) is 10.6. The van der Waals surface area contributed by atoms with Crippen molar-refractivity contribution in [2.75, 3.05) is 0 Å². The van der Waals surface area contributed by atoms with Crippen molar-refractivity contribution in [3.63, 3.8) is 0 Å². The second kappa shape index (κ2) is 5.17. The number of aromatic nitrogens is 1. The number of rotatable bonds is 5. The molecule has 0 saturated heterocycles. The first-order valence-electron chi connectivity index (χ1n) is 6.33. The molecule has 1 aromatic heterocycles. The van der Waals surface area contributed by atoms with Crippen LogP contribution in [0.15, 0.2) is 30.5 Å². The zero-order valence-corrected chi connectivity index (χ0v) is 10.5. The molecule has 2 aromatic rings. The summed E-state index contributed by atoms with van der Waals surface area (Å²) in [5.74, 6) is 0. The Morgan fingerprint density at radius 3 is 2.65 bits per heavy atom. The Kier molecular flexibility index (Phi) is 3.62. The molecular weight excluding hydrogens is 210 g/mol. The second-order valence-corrected chi connectivity index (χ2v) is 4.46. The van der Waals surface area contributed by atoms with E-state index in [-0.39, 0.29) is 0 Å². The van der Waals surface area contributed by atoms with Crippen molar-refractivity contribution < 1.29 is 4.79 Å². The van der Waals surface area contributed by atoms with Crippen LogP contribution in [0.25, 0.3) is 10.9 Å². The number of carbonyl (C=O) groups excluding carboxylic acids is 1. The normalized spacial score (nSPS) is 11.2. The van der Waals surface area contributed by atoms with E-state index in [1.807, 2.05) is 6.07 Å². The third-order valence-electron chi connectivity index (χ3n) is 3.44. The average Bonchev–Trinajstić information content (AvgIpc) is 2.75. The van der Waals surface area contributed by atoms with E-state index < -0.39 is 0 Å². The van der Waals surface area contributed by atoms with E-state index in [2.05, 4.69) is 42.8 Å². The zero-order valence-electron chi connectivity index (χ0n) is 10.5. The number of nitrogens with zero attached hydrogens (tertiary/aromatic N) is 1. The van der Waals surface area contributed by atoms with Gasteiger partial charge in [0.15, 0.2) is 0 Å². The number of fused-ring (bicyclic) bond motifs is 1. The number of carbonyl (C=O) groups is 1. The predicted molar refractivity (Wildman–Crippen MR) is 71.3 cm³/mol. The fraction of sp³-hybridized carbons (Fsp3) is 0.400. The van der Waals surface area contributed by atoms with Crippen LogP contribution in [0.2, 0.25) is 0 Å². The maximum absolute atomic E-state index is 10.6. The van der Waals surface area contributed by atoms with Gasteiger partial charge in [0, 0.05) is 24.2 Å². The molecular formula is C15H19NO. The molecule has 1 heterocycles. The molecule has 2 nitrogen and oxygen atoms in total. The van der Waals surface area contributed by atoms with Gasteiger partial charge in [0.25, 0.3) is 0 Å².